The van der Waals surface area contributed by atoms with Crippen molar-refractivity contribution < 1.29 is 18.7 Å². The maximum absolute atomic E-state index is 14.3. The van der Waals surface area contributed by atoms with Crippen LogP contribution in [0.25, 0.3) is 0 Å². The van der Waals surface area contributed by atoms with Crippen molar-refractivity contribution in [1.82, 2.24) is 10.6 Å². The average Bonchev–Trinajstić information content (AvgIpc) is 3.46. The zero-order valence-corrected chi connectivity index (χ0v) is 17.6. The number of carbonyl (C=O) groups excluding carboxylic acids is 2. The Balaban J connectivity index is 1.72. The van der Waals surface area contributed by atoms with Gasteiger partial charge in [-0.3, -0.25) is 14.9 Å². The molecule has 1 aliphatic carbocycles. The first kappa shape index (κ1) is 20.0. The molecule has 152 valence electrons. The normalized spacial score (nSPS) is 23.6. The molecule has 29 heavy (non-hydrogen) atoms. The highest BCUT2D eigenvalue weighted by Gasteiger charge is 2.47. The Morgan fingerprint density at radius 2 is 2.00 bits per heavy atom. The first-order valence-corrected chi connectivity index (χ1v) is 10.4. The summed E-state index contributed by atoms with van der Waals surface area (Å²) in [6.45, 7) is 0.0813. The number of nitrogens with one attached hydrogen (secondary N) is 2. The van der Waals surface area contributed by atoms with Crippen LogP contribution < -0.4 is 15.4 Å². The summed E-state index contributed by atoms with van der Waals surface area (Å²) in [5, 5.41) is 6.05. The van der Waals surface area contributed by atoms with Crippen LogP contribution in [0.2, 0.25) is 0 Å². The average molecular weight is 461 g/mol. The minimum atomic E-state index is -1.23. The molecule has 1 saturated heterocycles. The Labute approximate surface area is 177 Å². The molecule has 2 atom stereocenters. The van der Waals surface area contributed by atoms with E-state index >= 15 is 0 Å². The summed E-state index contributed by atoms with van der Waals surface area (Å²) in [6, 6.07) is 12.2. The van der Waals surface area contributed by atoms with Gasteiger partial charge in [0, 0.05) is 30.1 Å². The van der Waals surface area contributed by atoms with Crippen molar-refractivity contribution in [3.8, 4) is 5.75 Å². The molecule has 1 aliphatic heterocycles. The van der Waals surface area contributed by atoms with Gasteiger partial charge in [-0.05, 0) is 64.7 Å². The van der Waals surface area contributed by atoms with Gasteiger partial charge in [-0.15, -0.1) is 0 Å². The number of methoxy groups -OCH3 is 1. The van der Waals surface area contributed by atoms with E-state index in [0.29, 0.717) is 22.4 Å². The maximum atomic E-state index is 14.3. The number of hydrogen-bond donors (Lipinski definition) is 2. The number of alkyl halides is 1. The van der Waals surface area contributed by atoms with Gasteiger partial charge in [0.1, 0.15) is 17.5 Å². The molecule has 7 heteroatoms. The van der Waals surface area contributed by atoms with Crippen LogP contribution in [0.1, 0.15) is 45.5 Å². The summed E-state index contributed by atoms with van der Waals surface area (Å²) in [4.78, 5) is 26.0. The lowest BCUT2D eigenvalue weighted by Crippen LogP contribution is -2.45. The predicted octanol–water partition coefficient (Wildman–Crippen LogP) is 3.76. The number of benzene rings is 2. The van der Waals surface area contributed by atoms with E-state index in [2.05, 4.69) is 26.6 Å². The van der Waals surface area contributed by atoms with Gasteiger partial charge in [-0.2, -0.15) is 0 Å². The molecule has 0 aromatic heterocycles. The highest BCUT2D eigenvalue weighted by atomic mass is 79.9. The van der Waals surface area contributed by atoms with E-state index < -0.39 is 11.7 Å². The number of Topliss-reactive ketones (excluding diaryl/α,β-unsaturated/α-hetero) is 1. The Kier molecular flexibility index (Phi) is 5.44. The van der Waals surface area contributed by atoms with Crippen molar-refractivity contribution in [2.75, 3.05) is 13.7 Å². The van der Waals surface area contributed by atoms with Crippen molar-refractivity contribution in [2.24, 2.45) is 0 Å². The van der Waals surface area contributed by atoms with E-state index in [4.69, 9.17) is 4.74 Å². The largest absolute Gasteiger partial charge is 0.496 e. The van der Waals surface area contributed by atoms with Crippen molar-refractivity contribution in [3.05, 3.63) is 63.6 Å². The van der Waals surface area contributed by atoms with E-state index in [1.165, 1.54) is 7.11 Å². The molecular formula is C22H22BrFN2O3. The van der Waals surface area contributed by atoms with Gasteiger partial charge in [0.15, 0.2) is 5.78 Å². The molecule has 1 unspecified atom stereocenters. The van der Waals surface area contributed by atoms with Crippen LogP contribution in [0.5, 0.6) is 5.75 Å². The summed E-state index contributed by atoms with van der Waals surface area (Å²) < 4.78 is 20.3. The summed E-state index contributed by atoms with van der Waals surface area (Å²) >= 11 is 3.38. The summed E-state index contributed by atoms with van der Waals surface area (Å²) in [7, 11) is 1.53. The molecule has 4 rings (SSSR count). The third-order valence-electron chi connectivity index (χ3n) is 5.48. The molecule has 2 aromatic rings. The second-order valence-electron chi connectivity index (χ2n) is 7.59. The van der Waals surface area contributed by atoms with Gasteiger partial charge in [-0.25, -0.2) is 4.39 Å². The van der Waals surface area contributed by atoms with Crippen LogP contribution in [-0.2, 0) is 5.54 Å². The molecular weight excluding hydrogens is 439 g/mol. The zero-order chi connectivity index (χ0) is 20.6. The van der Waals surface area contributed by atoms with E-state index in [1.807, 2.05) is 0 Å². The quantitative estimate of drug-likeness (QED) is 0.644. The second kappa shape index (κ2) is 7.88. The molecule has 2 aliphatic rings. The van der Waals surface area contributed by atoms with E-state index in [1.54, 1.807) is 42.5 Å². The Bertz CT molecular complexity index is 963. The summed E-state index contributed by atoms with van der Waals surface area (Å²) in [6.07, 6.45) is 0.840. The molecule has 1 amide bonds. The standard InChI is InChI=1S/C22H22BrFN2O3/c1-29-19-10-13(5-8-18(19)23)20(27)22(11-16(24)12-25-22)15-4-2-3-14(9-15)21(28)26-17-6-7-17/h2-5,8-10,16-17,25H,6-7,11-12H2,1H3,(H,26,28)/t16?,22-/m1/s1. The van der Waals surface area contributed by atoms with Gasteiger partial charge >= 0.3 is 0 Å². The highest BCUT2D eigenvalue weighted by molar-refractivity contribution is 9.10. The zero-order valence-electron chi connectivity index (χ0n) is 16.0. The van der Waals surface area contributed by atoms with Crippen LogP contribution in [0.3, 0.4) is 0 Å². The number of halogens is 2. The van der Waals surface area contributed by atoms with E-state index in [-0.39, 0.29) is 30.7 Å². The molecule has 2 N–H and O–H groups in total. The fraction of sp³-hybridized carbons (Fsp3) is 0.364. The van der Waals surface area contributed by atoms with Crippen LogP contribution in [0.15, 0.2) is 46.9 Å². The minimum absolute atomic E-state index is 0.0118. The summed E-state index contributed by atoms with van der Waals surface area (Å²) in [5.74, 6) is 0.110. The fourth-order valence-electron chi connectivity index (χ4n) is 3.76. The number of hydrogen-bond acceptors (Lipinski definition) is 4. The molecule has 2 aromatic carbocycles. The lowest BCUT2D eigenvalue weighted by molar-refractivity contribution is 0.0857. The smallest absolute Gasteiger partial charge is 0.251 e. The van der Waals surface area contributed by atoms with Gasteiger partial charge in [-0.1, -0.05) is 12.1 Å². The number of carbonyl (C=O) groups is 2. The van der Waals surface area contributed by atoms with Gasteiger partial charge in [0.2, 0.25) is 0 Å². The minimum Gasteiger partial charge on any atom is -0.496 e. The van der Waals surface area contributed by atoms with Gasteiger partial charge in [0.05, 0.1) is 11.6 Å². The van der Waals surface area contributed by atoms with Crippen molar-refractivity contribution in [1.29, 1.82) is 0 Å². The lowest BCUT2D eigenvalue weighted by atomic mass is 9.80. The lowest BCUT2D eigenvalue weighted by Gasteiger charge is -2.29. The molecule has 2 fully saturated rings. The van der Waals surface area contributed by atoms with Crippen molar-refractivity contribution in [3.63, 3.8) is 0 Å². The van der Waals surface area contributed by atoms with Crippen LogP contribution in [-0.4, -0.2) is 37.6 Å². The Hall–Kier alpha value is -2.25. The monoisotopic (exact) mass is 460 g/mol. The predicted molar refractivity (Wildman–Crippen MR) is 111 cm³/mol. The number of ether oxygens (including phenoxy) is 1. The molecule has 0 radical (unpaired) electrons. The highest BCUT2D eigenvalue weighted by Crippen LogP contribution is 2.37. The molecule has 1 saturated carbocycles. The van der Waals surface area contributed by atoms with Gasteiger partial charge < -0.3 is 10.1 Å². The molecule has 5 nitrogen and oxygen atoms in total. The number of ketones is 1. The van der Waals surface area contributed by atoms with E-state index in [9.17, 15) is 14.0 Å². The first-order valence-electron chi connectivity index (χ1n) is 9.62. The van der Waals surface area contributed by atoms with Crippen molar-refractivity contribution in [2.45, 2.75) is 37.0 Å². The van der Waals surface area contributed by atoms with Crippen LogP contribution in [0, 0.1) is 0 Å². The van der Waals surface area contributed by atoms with Gasteiger partial charge in [0.25, 0.3) is 5.91 Å². The molecule has 1 heterocycles. The first-order chi connectivity index (χ1) is 13.9. The van der Waals surface area contributed by atoms with E-state index in [0.717, 1.165) is 17.3 Å². The Morgan fingerprint density at radius 3 is 2.66 bits per heavy atom. The number of rotatable bonds is 6. The van der Waals surface area contributed by atoms with Crippen LogP contribution in [0.4, 0.5) is 4.39 Å². The van der Waals surface area contributed by atoms with Crippen molar-refractivity contribution >= 4 is 27.6 Å². The maximum Gasteiger partial charge on any atom is 0.251 e. The topological polar surface area (TPSA) is 67.4 Å². The fourth-order valence-corrected chi connectivity index (χ4v) is 4.16. The number of amides is 1. The SMILES string of the molecule is COc1cc(C(=O)[C@]2(c3cccc(C(=O)NC4CC4)c3)CC(F)CN2)ccc1Br. The molecule has 0 bridgehead atoms. The molecule has 0 spiro atoms. The third kappa shape index (κ3) is 3.94. The Morgan fingerprint density at radius 1 is 1.21 bits per heavy atom. The summed E-state index contributed by atoms with van der Waals surface area (Å²) in [5.41, 5.74) is 0.250. The third-order valence-corrected chi connectivity index (χ3v) is 6.14. The van der Waals surface area contributed by atoms with Crippen LogP contribution >= 0.6 is 15.9 Å². The second-order valence-corrected chi connectivity index (χ2v) is 8.45.